The Morgan fingerprint density at radius 2 is 1.66 bits per heavy atom. The summed E-state index contributed by atoms with van der Waals surface area (Å²) in [6, 6.07) is 19.7. The average molecular weight is 452 g/mol. The lowest BCUT2D eigenvalue weighted by Crippen LogP contribution is -2.35. The van der Waals surface area contributed by atoms with E-state index in [2.05, 4.69) is 21.8 Å². The van der Waals surface area contributed by atoms with Gasteiger partial charge in [-0.15, -0.1) is 0 Å². The first kappa shape index (κ1) is 21.8. The van der Waals surface area contributed by atoms with Gasteiger partial charge in [-0.1, -0.05) is 48.5 Å². The van der Waals surface area contributed by atoms with Crippen molar-refractivity contribution in [3.8, 4) is 0 Å². The van der Waals surface area contributed by atoms with Crippen LogP contribution in [0.15, 0.2) is 77.8 Å². The normalized spacial score (nSPS) is 14.8. The molecule has 4 rings (SSSR count). The molecule has 2 heterocycles. The minimum absolute atomic E-state index is 0.0709. The number of hydrogen-bond acceptors (Lipinski definition) is 5. The number of benzene rings is 2. The van der Waals surface area contributed by atoms with E-state index in [-0.39, 0.29) is 16.1 Å². The van der Waals surface area contributed by atoms with Crippen LogP contribution in [0.3, 0.4) is 0 Å². The van der Waals surface area contributed by atoms with Crippen molar-refractivity contribution in [3.05, 3.63) is 84.1 Å². The number of carbonyl (C=O) groups is 1. The summed E-state index contributed by atoms with van der Waals surface area (Å²) in [4.78, 5) is 17.9. The number of aromatic nitrogens is 1. The molecule has 0 amide bonds. The Hall–Kier alpha value is -3.39. The zero-order chi connectivity index (χ0) is 22.6. The fourth-order valence-electron chi connectivity index (χ4n) is 4.00. The molecule has 0 radical (unpaired) electrons. The summed E-state index contributed by atoms with van der Waals surface area (Å²) in [7, 11) is -3.88. The van der Waals surface area contributed by atoms with Gasteiger partial charge in [0.2, 0.25) is 0 Å². The highest BCUT2D eigenvalue weighted by molar-refractivity contribution is 7.92. The summed E-state index contributed by atoms with van der Waals surface area (Å²) in [5.41, 5.74) is 1.42. The zero-order valence-corrected chi connectivity index (χ0v) is 18.3. The van der Waals surface area contributed by atoms with E-state index in [4.69, 9.17) is 0 Å². The zero-order valence-electron chi connectivity index (χ0n) is 17.5. The second kappa shape index (κ2) is 9.40. The Labute approximate surface area is 187 Å². The Kier molecular flexibility index (Phi) is 6.41. The van der Waals surface area contributed by atoms with Crippen molar-refractivity contribution in [1.82, 2.24) is 4.98 Å². The molecule has 1 aliphatic rings. The Morgan fingerprint density at radius 3 is 2.28 bits per heavy atom. The van der Waals surface area contributed by atoms with Crippen molar-refractivity contribution >= 4 is 27.5 Å². The van der Waals surface area contributed by atoms with E-state index in [1.54, 1.807) is 18.2 Å². The summed E-state index contributed by atoms with van der Waals surface area (Å²) in [5, 5.41) is 9.37. The molecule has 2 aromatic carbocycles. The molecule has 1 aliphatic heterocycles. The first-order chi connectivity index (χ1) is 15.4. The number of carboxylic acid groups (broad SMARTS) is 1. The first-order valence-electron chi connectivity index (χ1n) is 10.5. The molecule has 0 bridgehead atoms. The Bertz CT molecular complexity index is 1180. The highest BCUT2D eigenvalue weighted by Gasteiger charge is 2.25. The fourth-order valence-corrected chi connectivity index (χ4v) is 5.07. The van der Waals surface area contributed by atoms with E-state index < -0.39 is 16.0 Å². The van der Waals surface area contributed by atoms with Crippen molar-refractivity contribution < 1.29 is 18.3 Å². The Morgan fingerprint density at radius 1 is 1.03 bits per heavy atom. The predicted octanol–water partition coefficient (Wildman–Crippen LogP) is 4.04. The molecule has 0 aliphatic carbocycles. The van der Waals surface area contributed by atoms with Gasteiger partial charge in [0.1, 0.15) is 0 Å². The fraction of sp³-hybridized carbons (Fsp3) is 0.250. The van der Waals surface area contributed by atoms with Crippen LogP contribution in [0.25, 0.3) is 0 Å². The molecule has 0 unspecified atom stereocenters. The number of aromatic carboxylic acids is 1. The number of anilines is 2. The van der Waals surface area contributed by atoms with Gasteiger partial charge in [0, 0.05) is 19.3 Å². The number of nitrogens with zero attached hydrogens (tertiary/aromatic N) is 2. The van der Waals surface area contributed by atoms with Gasteiger partial charge in [-0.25, -0.2) is 18.2 Å². The summed E-state index contributed by atoms with van der Waals surface area (Å²) >= 11 is 0. The molecule has 1 fully saturated rings. The SMILES string of the molecule is O=C(O)c1cnc(N2CCC(Cc3ccccc3)CC2)c(NS(=O)(=O)c2ccccc2)c1. The third-order valence-electron chi connectivity index (χ3n) is 5.69. The van der Waals surface area contributed by atoms with Gasteiger partial charge in [-0.05, 0) is 48.9 Å². The largest absolute Gasteiger partial charge is 0.478 e. The summed E-state index contributed by atoms with van der Waals surface area (Å²) < 4.78 is 28.3. The third-order valence-corrected chi connectivity index (χ3v) is 7.07. The number of nitrogens with one attached hydrogen (secondary N) is 1. The predicted molar refractivity (Wildman–Crippen MR) is 124 cm³/mol. The maximum absolute atomic E-state index is 12.9. The molecular formula is C24H25N3O4S. The monoisotopic (exact) mass is 451 g/mol. The van der Waals surface area contributed by atoms with E-state index in [9.17, 15) is 18.3 Å². The molecule has 8 heteroatoms. The number of carboxylic acids is 1. The summed E-state index contributed by atoms with van der Waals surface area (Å²) in [6.07, 6.45) is 4.17. The molecule has 0 saturated carbocycles. The lowest BCUT2D eigenvalue weighted by Gasteiger charge is -2.34. The Balaban J connectivity index is 1.54. The van der Waals surface area contributed by atoms with Crippen molar-refractivity contribution in [2.75, 3.05) is 22.7 Å². The smallest absolute Gasteiger partial charge is 0.337 e. The second-order valence-electron chi connectivity index (χ2n) is 7.94. The van der Waals surface area contributed by atoms with Crippen molar-refractivity contribution in [2.24, 2.45) is 5.92 Å². The average Bonchev–Trinajstić information content (AvgIpc) is 2.81. The molecule has 32 heavy (non-hydrogen) atoms. The van der Waals surface area contributed by atoms with Crippen LogP contribution in [-0.2, 0) is 16.4 Å². The number of pyridine rings is 1. The molecule has 7 nitrogen and oxygen atoms in total. The van der Waals surface area contributed by atoms with Crippen molar-refractivity contribution in [3.63, 3.8) is 0 Å². The van der Waals surface area contributed by atoms with Gasteiger partial charge in [0.15, 0.2) is 5.82 Å². The van der Waals surface area contributed by atoms with Crippen LogP contribution in [-0.4, -0.2) is 37.6 Å². The van der Waals surface area contributed by atoms with Crippen LogP contribution in [0.1, 0.15) is 28.8 Å². The van der Waals surface area contributed by atoms with Crippen molar-refractivity contribution in [2.45, 2.75) is 24.2 Å². The van der Waals surface area contributed by atoms with Gasteiger partial charge in [-0.3, -0.25) is 4.72 Å². The highest BCUT2D eigenvalue weighted by Crippen LogP contribution is 2.31. The number of hydrogen-bond donors (Lipinski definition) is 2. The van der Waals surface area contributed by atoms with Crippen LogP contribution in [0.2, 0.25) is 0 Å². The van der Waals surface area contributed by atoms with Crippen molar-refractivity contribution in [1.29, 1.82) is 0 Å². The second-order valence-corrected chi connectivity index (χ2v) is 9.62. The molecule has 3 aromatic rings. The van der Waals surface area contributed by atoms with E-state index in [0.29, 0.717) is 11.7 Å². The molecule has 0 atom stereocenters. The standard InChI is InChI=1S/C24H25N3O4S/c28-24(29)20-16-22(26-32(30,31)21-9-5-2-6-10-21)23(25-17-20)27-13-11-19(12-14-27)15-18-7-3-1-4-8-18/h1-10,16-17,19,26H,11-15H2,(H,28,29). The lowest BCUT2D eigenvalue weighted by molar-refractivity contribution is 0.0696. The molecule has 2 N–H and O–H groups in total. The third kappa shape index (κ3) is 5.08. The minimum atomic E-state index is -3.88. The number of sulfonamides is 1. The molecule has 1 saturated heterocycles. The van der Waals surface area contributed by atoms with Crippen LogP contribution in [0, 0.1) is 5.92 Å². The minimum Gasteiger partial charge on any atom is -0.478 e. The van der Waals surface area contributed by atoms with E-state index in [1.165, 1.54) is 30.0 Å². The van der Waals surface area contributed by atoms with Gasteiger partial charge < -0.3 is 10.0 Å². The van der Waals surface area contributed by atoms with Crippen LogP contribution in [0.4, 0.5) is 11.5 Å². The molecular weight excluding hydrogens is 426 g/mol. The van der Waals surface area contributed by atoms with Gasteiger partial charge in [0.25, 0.3) is 10.0 Å². The summed E-state index contributed by atoms with van der Waals surface area (Å²) in [5.74, 6) is -0.171. The van der Waals surface area contributed by atoms with E-state index in [0.717, 1.165) is 32.4 Å². The van der Waals surface area contributed by atoms with E-state index in [1.807, 2.05) is 23.1 Å². The van der Waals surface area contributed by atoms with Gasteiger partial charge in [0.05, 0.1) is 16.1 Å². The van der Waals surface area contributed by atoms with Crippen LogP contribution >= 0.6 is 0 Å². The molecule has 1 aromatic heterocycles. The van der Waals surface area contributed by atoms with Crippen LogP contribution in [0.5, 0.6) is 0 Å². The highest BCUT2D eigenvalue weighted by atomic mass is 32.2. The van der Waals surface area contributed by atoms with Crippen LogP contribution < -0.4 is 9.62 Å². The quantitative estimate of drug-likeness (QED) is 0.562. The topological polar surface area (TPSA) is 99.6 Å². The lowest BCUT2D eigenvalue weighted by atomic mass is 9.90. The van der Waals surface area contributed by atoms with Gasteiger partial charge in [-0.2, -0.15) is 0 Å². The maximum atomic E-state index is 12.9. The molecule has 0 spiro atoms. The first-order valence-corrected chi connectivity index (χ1v) is 12.0. The summed E-state index contributed by atoms with van der Waals surface area (Å²) in [6.45, 7) is 1.44. The molecule has 166 valence electrons. The number of piperidine rings is 1. The maximum Gasteiger partial charge on any atom is 0.337 e. The van der Waals surface area contributed by atoms with Gasteiger partial charge >= 0.3 is 5.97 Å². The van der Waals surface area contributed by atoms with E-state index >= 15 is 0 Å². The number of rotatable bonds is 7.